The molecule has 2 fully saturated rings. The van der Waals surface area contributed by atoms with Crippen LogP contribution in [0.4, 0.5) is 0 Å². The van der Waals surface area contributed by atoms with E-state index in [1.807, 2.05) is 92.3 Å². The first kappa shape index (κ1) is 47.8. The largest absolute Gasteiger partial charge is 0.508 e. The molecule has 6 N–H and O–H groups in total. The number of aromatic nitrogens is 2. The van der Waals surface area contributed by atoms with Crippen molar-refractivity contribution in [3.8, 4) is 11.5 Å². The molecule has 0 aliphatic heterocycles. The molecule has 4 atom stereocenters. The second-order valence-corrected chi connectivity index (χ2v) is 19.6. The lowest BCUT2D eigenvalue weighted by atomic mass is 9.95. The lowest BCUT2D eigenvalue weighted by Gasteiger charge is -2.26. The van der Waals surface area contributed by atoms with Gasteiger partial charge in [0.15, 0.2) is 0 Å². The highest BCUT2D eigenvalue weighted by Gasteiger charge is 2.36. The molecule has 324 valence electrons. The number of aromatic hydroxyl groups is 2. The number of nitrogens with one attached hydrogen (secondary N) is 1. The van der Waals surface area contributed by atoms with Crippen LogP contribution >= 0.6 is 22.7 Å². The molecular weight excluding hydrogens is 781 g/mol. The number of nitrogens with zero attached hydrogens (tertiary/aromatic N) is 4. The number of aliphatic carboxylic acids is 1. The molecule has 1 amide bonds. The van der Waals surface area contributed by atoms with Crippen molar-refractivity contribution in [3.63, 3.8) is 0 Å². The molecule has 0 spiro atoms. The summed E-state index contributed by atoms with van der Waals surface area (Å²) >= 11 is 3.35. The molecule has 2 saturated carbocycles. The van der Waals surface area contributed by atoms with Crippen LogP contribution in [0.1, 0.15) is 104 Å². The fourth-order valence-corrected chi connectivity index (χ4v) is 9.71. The fraction of sp³-hybridized carbons (Fsp3) is 0.565. The van der Waals surface area contributed by atoms with Gasteiger partial charge in [-0.2, -0.15) is 0 Å². The maximum atomic E-state index is 12.7. The molecule has 4 aromatic rings. The van der Waals surface area contributed by atoms with E-state index in [4.69, 9.17) is 10.8 Å². The Morgan fingerprint density at radius 2 is 1.10 bits per heavy atom. The van der Waals surface area contributed by atoms with Gasteiger partial charge in [0.25, 0.3) is 0 Å². The van der Waals surface area contributed by atoms with E-state index in [-0.39, 0.29) is 24.3 Å². The summed E-state index contributed by atoms with van der Waals surface area (Å²) in [7, 11) is 8.19. The molecule has 59 heavy (non-hydrogen) atoms. The van der Waals surface area contributed by atoms with Gasteiger partial charge in [0.2, 0.25) is 5.91 Å². The van der Waals surface area contributed by atoms with Crippen molar-refractivity contribution >= 4 is 34.6 Å². The number of likely N-dealkylation sites (N-methyl/N-ethyl adjacent to an activating group) is 2. The number of carbonyl (C=O) groups is 2. The van der Waals surface area contributed by atoms with Gasteiger partial charge < -0.3 is 36.2 Å². The highest BCUT2D eigenvalue weighted by molar-refractivity contribution is 7.11. The average Bonchev–Trinajstić information content (AvgIpc) is 4.08. The molecule has 11 nitrogen and oxygen atoms in total. The Morgan fingerprint density at radius 1 is 0.712 bits per heavy atom. The van der Waals surface area contributed by atoms with Gasteiger partial charge in [-0.15, -0.1) is 22.7 Å². The van der Waals surface area contributed by atoms with Crippen molar-refractivity contribution in [1.29, 1.82) is 0 Å². The molecule has 0 bridgehead atoms. The number of hydrogen-bond donors (Lipinski definition) is 5. The predicted octanol–water partition coefficient (Wildman–Crippen LogP) is 7.81. The van der Waals surface area contributed by atoms with Crippen molar-refractivity contribution in [3.05, 3.63) is 89.8 Å². The third kappa shape index (κ3) is 15.0. The molecule has 1 unspecified atom stereocenters. The van der Waals surface area contributed by atoms with Gasteiger partial charge >= 0.3 is 5.97 Å². The third-order valence-electron chi connectivity index (χ3n) is 11.7. The van der Waals surface area contributed by atoms with Gasteiger partial charge in [-0.1, -0.05) is 0 Å². The number of amides is 1. The maximum absolute atomic E-state index is 12.7. The standard InChI is InChI=1S/C23H33N3O2S.C13H22N2O.C10H13NO2S/c1-14-8-19(27)9-15(2)20(14)10-18(26(4)5)12-25-23(28)11-21(17-6-7-17)22-13-24-16(3)29-22;1-9-5-12(16)6-10(2)13(9)7-11(8-14)15(3)4;1-6-11-5-9(14-6)8(4-10(12)13)7-2-3-7/h8-9,13,17-18,21,27H,6-7,10-12H2,1-5H3,(H,25,28);5-6,11,16H,7-8,14H2,1-4H3;5,7-8H,2-4H2,1H3,(H,12,13)/t18-,21?;11-;8-/m001/s1. The summed E-state index contributed by atoms with van der Waals surface area (Å²) in [4.78, 5) is 38.7. The molecule has 13 heteroatoms. The van der Waals surface area contributed by atoms with Crippen LogP contribution in [0, 0.1) is 53.4 Å². The van der Waals surface area contributed by atoms with Gasteiger partial charge in [0.05, 0.1) is 16.4 Å². The van der Waals surface area contributed by atoms with Gasteiger partial charge in [-0.05, 0) is 178 Å². The molecular formula is C46H68N6O5S2. The van der Waals surface area contributed by atoms with Crippen LogP contribution < -0.4 is 11.1 Å². The molecule has 2 aromatic carbocycles. The number of thiazole rings is 2. The summed E-state index contributed by atoms with van der Waals surface area (Å²) in [6.45, 7) is 13.4. The van der Waals surface area contributed by atoms with E-state index < -0.39 is 5.97 Å². The minimum Gasteiger partial charge on any atom is -0.508 e. The Bertz CT molecular complexity index is 1940. The van der Waals surface area contributed by atoms with Gasteiger partial charge in [-0.3, -0.25) is 9.59 Å². The predicted molar refractivity (Wildman–Crippen MR) is 241 cm³/mol. The molecule has 2 aromatic heterocycles. The molecule has 0 saturated heterocycles. The van der Waals surface area contributed by atoms with Gasteiger partial charge in [0.1, 0.15) is 11.5 Å². The quantitative estimate of drug-likeness (QED) is 0.0708. The lowest BCUT2D eigenvalue weighted by Crippen LogP contribution is -2.42. The summed E-state index contributed by atoms with van der Waals surface area (Å²) in [6.07, 6.45) is 11.1. The van der Waals surface area contributed by atoms with Gasteiger partial charge in [0, 0.05) is 65.6 Å². The number of nitrogens with two attached hydrogens (primary N) is 1. The first-order valence-corrected chi connectivity index (χ1v) is 22.4. The van der Waals surface area contributed by atoms with E-state index in [0.717, 1.165) is 50.0 Å². The second-order valence-electron chi connectivity index (χ2n) is 17.1. The van der Waals surface area contributed by atoms with Crippen molar-refractivity contribution in [1.82, 2.24) is 25.1 Å². The van der Waals surface area contributed by atoms with E-state index in [2.05, 4.69) is 39.2 Å². The zero-order valence-corrected chi connectivity index (χ0v) is 38.5. The molecule has 2 aliphatic rings. The highest BCUT2D eigenvalue weighted by Crippen LogP contribution is 2.47. The van der Waals surface area contributed by atoms with E-state index >= 15 is 0 Å². The highest BCUT2D eigenvalue weighted by atomic mass is 32.1. The van der Waals surface area contributed by atoms with Crippen LogP contribution in [-0.4, -0.2) is 100 Å². The van der Waals surface area contributed by atoms with Crippen molar-refractivity contribution < 1.29 is 24.9 Å². The number of hydrogen-bond acceptors (Lipinski definition) is 11. The second kappa shape index (κ2) is 22.1. The summed E-state index contributed by atoms with van der Waals surface area (Å²) in [6, 6.07) is 7.79. The fourth-order valence-electron chi connectivity index (χ4n) is 7.76. The van der Waals surface area contributed by atoms with Crippen LogP contribution in [0.5, 0.6) is 11.5 Å². The summed E-state index contributed by atoms with van der Waals surface area (Å²) in [5.74, 6) is 1.81. The van der Waals surface area contributed by atoms with Crippen molar-refractivity contribution in [2.75, 3.05) is 41.3 Å². The lowest BCUT2D eigenvalue weighted by molar-refractivity contribution is -0.137. The molecule has 6 rings (SSSR count). The zero-order chi connectivity index (χ0) is 43.6. The van der Waals surface area contributed by atoms with Gasteiger partial charge in [-0.25, -0.2) is 9.97 Å². The molecule has 2 heterocycles. The molecule has 0 radical (unpaired) electrons. The first-order chi connectivity index (χ1) is 27.9. The topological polar surface area (TPSA) is 165 Å². The smallest absolute Gasteiger partial charge is 0.304 e. The summed E-state index contributed by atoms with van der Waals surface area (Å²) in [5, 5.41) is 33.4. The number of phenols is 2. The number of carbonyl (C=O) groups excluding carboxylic acids is 1. The van der Waals surface area contributed by atoms with E-state index in [1.54, 1.807) is 22.7 Å². The van der Waals surface area contributed by atoms with E-state index in [1.165, 1.54) is 41.7 Å². The van der Waals surface area contributed by atoms with Crippen LogP contribution in [0.2, 0.25) is 0 Å². The van der Waals surface area contributed by atoms with Crippen LogP contribution in [0.3, 0.4) is 0 Å². The monoisotopic (exact) mass is 848 g/mol. The van der Waals surface area contributed by atoms with E-state index in [0.29, 0.717) is 54.8 Å². The average molecular weight is 849 g/mol. The minimum atomic E-state index is -0.701. The Labute approximate surface area is 360 Å². The number of phenolic OH excluding ortho intramolecular Hbond substituents is 2. The Balaban J connectivity index is 0.000000216. The minimum absolute atomic E-state index is 0.124. The number of aryl methyl sites for hydroxylation is 6. The maximum Gasteiger partial charge on any atom is 0.304 e. The molecule has 2 aliphatic carbocycles. The Morgan fingerprint density at radius 3 is 1.42 bits per heavy atom. The SMILES string of the molecule is Cc1cc(O)cc(C)c1C[C@@H](CN)N(C)C.Cc1ncc(C(CC(=O)NC[C@H](Cc2c(C)cc(O)cc2C)N(C)C)C2CC2)s1.Cc1ncc([C@H](CC(=O)O)C2CC2)s1. The summed E-state index contributed by atoms with van der Waals surface area (Å²) in [5.41, 5.74) is 12.8. The van der Waals surface area contributed by atoms with Crippen LogP contribution in [-0.2, 0) is 22.4 Å². The van der Waals surface area contributed by atoms with Crippen LogP contribution in [0.25, 0.3) is 0 Å². The zero-order valence-electron chi connectivity index (χ0n) is 36.8. The number of carboxylic acids is 1. The Kier molecular flexibility index (Phi) is 17.9. The van der Waals surface area contributed by atoms with E-state index in [9.17, 15) is 19.8 Å². The third-order valence-corrected chi connectivity index (χ3v) is 13.8. The van der Waals surface area contributed by atoms with Crippen LogP contribution in [0.15, 0.2) is 36.7 Å². The first-order valence-electron chi connectivity index (χ1n) is 20.8. The van der Waals surface area contributed by atoms with Crippen molar-refractivity contribution in [2.24, 2.45) is 17.6 Å². The number of benzene rings is 2. The summed E-state index contributed by atoms with van der Waals surface area (Å²) < 4.78 is 0. The Hall–Kier alpha value is -3.88. The van der Waals surface area contributed by atoms with Crippen molar-refractivity contribution in [2.45, 2.75) is 117 Å². The number of rotatable bonds is 17. The number of carboxylic acid groups (broad SMARTS) is 1. The normalized spacial score (nSPS) is 15.7.